The number of nitrogens with zero attached hydrogens (tertiary/aromatic N) is 1. The van der Waals surface area contributed by atoms with E-state index >= 15 is 0 Å². The minimum atomic E-state index is 0.678. The molecular weight excluding hydrogens is 192 g/mol. The Kier molecular flexibility index (Phi) is 3.19. The maximum atomic E-state index is 4.70. The molecule has 1 atom stereocenters. The first-order valence-electron chi connectivity index (χ1n) is 5.48. The molecule has 1 N–H and O–H groups in total. The molecule has 0 spiro atoms. The van der Waals surface area contributed by atoms with Gasteiger partial charge in [0.1, 0.15) is 0 Å². The van der Waals surface area contributed by atoms with Crippen LogP contribution in [0.3, 0.4) is 0 Å². The molecule has 1 heterocycles. The molecule has 1 aromatic heterocycles. The van der Waals surface area contributed by atoms with Crippen molar-refractivity contribution in [2.45, 2.75) is 45.1 Å². The molecule has 78 valence electrons. The van der Waals surface area contributed by atoms with Crippen LogP contribution in [0.2, 0.25) is 0 Å². The summed E-state index contributed by atoms with van der Waals surface area (Å²) in [5.74, 6) is 0. The number of nitrogens with one attached hydrogen (secondary N) is 1. The van der Waals surface area contributed by atoms with E-state index in [1.54, 1.807) is 0 Å². The van der Waals surface area contributed by atoms with Crippen LogP contribution in [0.15, 0.2) is 0 Å². The summed E-state index contributed by atoms with van der Waals surface area (Å²) in [5, 5.41) is 4.71. The van der Waals surface area contributed by atoms with Gasteiger partial charge in [-0.05, 0) is 39.2 Å². The van der Waals surface area contributed by atoms with Crippen LogP contribution in [0.5, 0.6) is 0 Å². The quantitative estimate of drug-likeness (QED) is 0.827. The van der Waals surface area contributed by atoms with Crippen molar-refractivity contribution in [3.63, 3.8) is 0 Å². The van der Waals surface area contributed by atoms with Crippen LogP contribution >= 0.6 is 11.3 Å². The predicted molar refractivity (Wildman–Crippen MR) is 61.0 cm³/mol. The van der Waals surface area contributed by atoms with Gasteiger partial charge in [0.2, 0.25) is 0 Å². The molecule has 0 radical (unpaired) electrons. The fourth-order valence-electron chi connectivity index (χ4n) is 2.00. The lowest BCUT2D eigenvalue weighted by Gasteiger charge is -2.19. The van der Waals surface area contributed by atoms with Crippen molar-refractivity contribution in [3.8, 4) is 0 Å². The summed E-state index contributed by atoms with van der Waals surface area (Å²) in [5.41, 5.74) is 1.38. The van der Waals surface area contributed by atoms with Crippen molar-refractivity contribution in [3.05, 3.63) is 15.6 Å². The fraction of sp³-hybridized carbons (Fsp3) is 0.727. The van der Waals surface area contributed by atoms with Crippen LogP contribution in [0.1, 0.15) is 35.3 Å². The Bertz CT molecular complexity index is 306. The monoisotopic (exact) mass is 210 g/mol. The van der Waals surface area contributed by atoms with Crippen molar-refractivity contribution >= 4 is 11.3 Å². The number of thiazole rings is 1. The van der Waals surface area contributed by atoms with Gasteiger partial charge >= 0.3 is 0 Å². The molecule has 0 fully saturated rings. The van der Waals surface area contributed by atoms with Crippen LogP contribution in [0.4, 0.5) is 0 Å². The van der Waals surface area contributed by atoms with Gasteiger partial charge in [0.05, 0.1) is 10.7 Å². The third-order valence-corrected chi connectivity index (χ3v) is 4.04. The Morgan fingerprint density at radius 1 is 1.57 bits per heavy atom. The van der Waals surface area contributed by atoms with E-state index in [1.807, 2.05) is 11.3 Å². The number of fused-ring (bicyclic) bond motifs is 1. The van der Waals surface area contributed by atoms with Crippen LogP contribution in [-0.4, -0.2) is 18.1 Å². The summed E-state index contributed by atoms with van der Waals surface area (Å²) in [7, 11) is 2.06. The van der Waals surface area contributed by atoms with Crippen LogP contribution in [-0.2, 0) is 19.3 Å². The zero-order valence-electron chi connectivity index (χ0n) is 8.97. The van der Waals surface area contributed by atoms with Gasteiger partial charge in [-0.25, -0.2) is 4.98 Å². The molecule has 2 nitrogen and oxygen atoms in total. The van der Waals surface area contributed by atoms with Crippen molar-refractivity contribution in [2.24, 2.45) is 0 Å². The molecule has 1 aliphatic rings. The zero-order chi connectivity index (χ0) is 9.97. The van der Waals surface area contributed by atoms with E-state index in [-0.39, 0.29) is 0 Å². The Morgan fingerprint density at radius 2 is 2.43 bits per heavy atom. The molecule has 2 rings (SSSR count). The van der Waals surface area contributed by atoms with Crippen molar-refractivity contribution in [1.29, 1.82) is 0 Å². The average Bonchev–Trinajstić information content (AvgIpc) is 2.59. The second-order valence-electron chi connectivity index (χ2n) is 3.96. The molecular formula is C11H18N2S. The maximum Gasteiger partial charge on any atom is 0.0931 e. The number of hydrogen-bond acceptors (Lipinski definition) is 3. The van der Waals surface area contributed by atoms with Gasteiger partial charge in [-0.15, -0.1) is 11.3 Å². The number of hydrogen-bond donors (Lipinski definition) is 1. The van der Waals surface area contributed by atoms with Crippen LogP contribution in [0, 0.1) is 0 Å². The first-order valence-corrected chi connectivity index (χ1v) is 6.29. The molecule has 0 aromatic carbocycles. The summed E-state index contributed by atoms with van der Waals surface area (Å²) in [6.45, 7) is 2.22. The lowest BCUT2D eigenvalue weighted by Crippen LogP contribution is -2.30. The van der Waals surface area contributed by atoms with Gasteiger partial charge in [-0.1, -0.05) is 6.92 Å². The molecule has 0 bridgehead atoms. The van der Waals surface area contributed by atoms with E-state index < -0.39 is 0 Å². The molecule has 14 heavy (non-hydrogen) atoms. The highest BCUT2D eigenvalue weighted by Crippen LogP contribution is 2.27. The molecule has 1 aliphatic carbocycles. The third kappa shape index (κ3) is 1.98. The van der Waals surface area contributed by atoms with Crippen molar-refractivity contribution in [1.82, 2.24) is 10.3 Å². The summed E-state index contributed by atoms with van der Waals surface area (Å²) in [4.78, 5) is 6.23. The highest BCUT2D eigenvalue weighted by molar-refractivity contribution is 7.11. The van der Waals surface area contributed by atoms with Crippen LogP contribution in [0.25, 0.3) is 0 Å². The van der Waals surface area contributed by atoms with E-state index in [4.69, 9.17) is 4.98 Å². The Labute approximate surface area is 89.8 Å². The first kappa shape index (κ1) is 10.1. The molecule has 0 amide bonds. The largest absolute Gasteiger partial charge is 0.317 e. The third-order valence-electron chi connectivity index (χ3n) is 2.86. The van der Waals surface area contributed by atoms with Gasteiger partial charge in [-0.2, -0.15) is 0 Å². The number of likely N-dealkylation sites (N-methyl/N-ethyl adjacent to an activating group) is 1. The van der Waals surface area contributed by atoms with Crippen molar-refractivity contribution < 1.29 is 0 Å². The summed E-state index contributed by atoms with van der Waals surface area (Å²) >= 11 is 1.93. The highest BCUT2D eigenvalue weighted by Gasteiger charge is 2.20. The van der Waals surface area contributed by atoms with E-state index in [9.17, 15) is 0 Å². The minimum Gasteiger partial charge on any atom is -0.317 e. The number of aryl methyl sites for hydroxylation is 2. The smallest absolute Gasteiger partial charge is 0.0931 e. The number of aromatic nitrogens is 1. The molecule has 0 saturated heterocycles. The van der Waals surface area contributed by atoms with E-state index in [0.717, 1.165) is 6.42 Å². The lowest BCUT2D eigenvalue weighted by atomic mass is 9.98. The summed E-state index contributed by atoms with van der Waals surface area (Å²) in [6, 6.07) is 0.678. The molecule has 0 saturated carbocycles. The topological polar surface area (TPSA) is 24.9 Å². The first-order chi connectivity index (χ1) is 6.83. The second-order valence-corrected chi connectivity index (χ2v) is 5.12. The molecule has 0 unspecified atom stereocenters. The minimum absolute atomic E-state index is 0.678. The summed E-state index contributed by atoms with van der Waals surface area (Å²) in [6.07, 6.45) is 5.97. The van der Waals surface area contributed by atoms with Gasteiger partial charge in [0.25, 0.3) is 0 Å². The van der Waals surface area contributed by atoms with Crippen LogP contribution < -0.4 is 5.32 Å². The maximum absolute atomic E-state index is 4.70. The predicted octanol–water partition coefficient (Wildman–Crippen LogP) is 2.17. The second kappa shape index (κ2) is 4.41. The Balaban J connectivity index is 2.12. The van der Waals surface area contributed by atoms with E-state index in [0.29, 0.717) is 6.04 Å². The van der Waals surface area contributed by atoms with Gasteiger partial charge in [0, 0.05) is 10.9 Å². The van der Waals surface area contributed by atoms with Gasteiger partial charge < -0.3 is 5.32 Å². The van der Waals surface area contributed by atoms with E-state index in [1.165, 1.54) is 41.3 Å². The SMILES string of the molecule is CCCc1nc2c(s1)C[C@H](NC)CC2. The van der Waals surface area contributed by atoms with Gasteiger partial charge in [0.15, 0.2) is 0 Å². The molecule has 0 aliphatic heterocycles. The Morgan fingerprint density at radius 3 is 3.14 bits per heavy atom. The zero-order valence-corrected chi connectivity index (χ0v) is 9.78. The summed E-state index contributed by atoms with van der Waals surface area (Å²) < 4.78 is 0. The molecule has 3 heteroatoms. The van der Waals surface area contributed by atoms with Crippen molar-refractivity contribution in [2.75, 3.05) is 7.05 Å². The standard InChI is InChI=1S/C11H18N2S/c1-3-4-11-13-9-6-5-8(12-2)7-10(9)14-11/h8,12H,3-7H2,1-2H3/t8-/m1/s1. The van der Waals surface area contributed by atoms with E-state index in [2.05, 4.69) is 19.3 Å². The lowest BCUT2D eigenvalue weighted by molar-refractivity contribution is 0.496. The molecule has 1 aromatic rings. The normalized spacial score (nSPS) is 20.9. The van der Waals surface area contributed by atoms with Gasteiger partial charge in [-0.3, -0.25) is 0 Å². The number of rotatable bonds is 3. The average molecular weight is 210 g/mol. The fourth-order valence-corrected chi connectivity index (χ4v) is 3.29. The Hall–Kier alpha value is -0.410. The highest BCUT2D eigenvalue weighted by atomic mass is 32.1.